The summed E-state index contributed by atoms with van der Waals surface area (Å²) < 4.78 is 5.38. The van der Waals surface area contributed by atoms with Crippen molar-refractivity contribution in [3.8, 4) is 5.75 Å². The first-order valence-electron chi connectivity index (χ1n) is 9.10. The number of ether oxygens (including phenoxy) is 1. The van der Waals surface area contributed by atoms with Gasteiger partial charge in [-0.05, 0) is 68.8 Å². The highest BCUT2D eigenvalue weighted by Gasteiger charge is 2.27. The predicted octanol–water partition coefficient (Wildman–Crippen LogP) is 4.22. The van der Waals surface area contributed by atoms with Crippen LogP contribution in [0.1, 0.15) is 44.0 Å². The quantitative estimate of drug-likeness (QED) is 0.613. The van der Waals surface area contributed by atoms with Crippen molar-refractivity contribution in [2.45, 2.75) is 39.2 Å². The SMILES string of the molecule is CCCC(C)(N)C(=O)Nc1ccc(C(=O)Nc2ccc(OCC)cc2)cc1.Cl. The molecule has 0 radical (unpaired) electrons. The molecular weight excluding hydrogens is 378 g/mol. The third-order valence-electron chi connectivity index (χ3n) is 4.12. The maximum Gasteiger partial charge on any atom is 0.255 e. The van der Waals surface area contributed by atoms with Gasteiger partial charge in [0.15, 0.2) is 0 Å². The molecule has 7 heteroatoms. The van der Waals surface area contributed by atoms with Gasteiger partial charge in [0.05, 0.1) is 12.1 Å². The van der Waals surface area contributed by atoms with E-state index in [2.05, 4.69) is 10.6 Å². The molecule has 2 aromatic rings. The van der Waals surface area contributed by atoms with Gasteiger partial charge in [0.2, 0.25) is 5.91 Å². The zero-order chi connectivity index (χ0) is 19.9. The zero-order valence-electron chi connectivity index (χ0n) is 16.5. The topological polar surface area (TPSA) is 93.5 Å². The predicted molar refractivity (Wildman–Crippen MR) is 115 cm³/mol. The van der Waals surface area contributed by atoms with Gasteiger partial charge < -0.3 is 21.1 Å². The van der Waals surface area contributed by atoms with E-state index >= 15 is 0 Å². The first-order chi connectivity index (χ1) is 12.9. The molecule has 1 atom stereocenters. The van der Waals surface area contributed by atoms with Crippen LogP contribution in [0.3, 0.4) is 0 Å². The van der Waals surface area contributed by atoms with Gasteiger partial charge in [-0.3, -0.25) is 9.59 Å². The van der Waals surface area contributed by atoms with Crippen LogP contribution in [-0.4, -0.2) is 24.0 Å². The Labute approximate surface area is 172 Å². The Morgan fingerprint density at radius 2 is 1.50 bits per heavy atom. The van der Waals surface area contributed by atoms with Crippen molar-refractivity contribution in [2.24, 2.45) is 5.73 Å². The van der Waals surface area contributed by atoms with Crippen molar-refractivity contribution in [3.05, 3.63) is 54.1 Å². The summed E-state index contributed by atoms with van der Waals surface area (Å²) in [6, 6.07) is 13.9. The molecule has 1 unspecified atom stereocenters. The molecule has 2 rings (SSSR count). The van der Waals surface area contributed by atoms with Gasteiger partial charge in [-0.25, -0.2) is 0 Å². The molecule has 0 heterocycles. The minimum absolute atomic E-state index is 0. The molecule has 6 nitrogen and oxygen atoms in total. The van der Waals surface area contributed by atoms with Crippen molar-refractivity contribution in [2.75, 3.05) is 17.2 Å². The number of rotatable bonds is 8. The minimum Gasteiger partial charge on any atom is -0.494 e. The molecule has 0 aromatic heterocycles. The van der Waals surface area contributed by atoms with Crippen LogP contribution in [0, 0.1) is 0 Å². The van der Waals surface area contributed by atoms with E-state index in [0.29, 0.717) is 30.0 Å². The Hall–Kier alpha value is -2.57. The Morgan fingerprint density at radius 1 is 0.964 bits per heavy atom. The molecule has 2 aromatic carbocycles. The molecule has 0 saturated heterocycles. The number of hydrogen-bond donors (Lipinski definition) is 3. The van der Waals surface area contributed by atoms with Crippen molar-refractivity contribution >= 4 is 35.6 Å². The molecule has 0 bridgehead atoms. The molecule has 0 spiro atoms. The summed E-state index contributed by atoms with van der Waals surface area (Å²) in [6.07, 6.45) is 1.42. The number of amides is 2. The standard InChI is InChI=1S/C21H27N3O3.ClH/c1-4-14-21(3,22)20(26)24-17-8-6-15(7-9-17)19(25)23-16-10-12-18(13-11-16)27-5-2;/h6-13H,4-5,14,22H2,1-3H3,(H,23,25)(H,24,26);1H. The Kier molecular flexibility index (Phi) is 8.96. The molecule has 0 aliphatic carbocycles. The van der Waals surface area contributed by atoms with Crippen LogP contribution >= 0.6 is 12.4 Å². The summed E-state index contributed by atoms with van der Waals surface area (Å²) in [5.41, 5.74) is 6.88. The molecule has 0 saturated carbocycles. The van der Waals surface area contributed by atoms with Gasteiger partial charge >= 0.3 is 0 Å². The smallest absolute Gasteiger partial charge is 0.255 e. The van der Waals surface area contributed by atoms with Crippen LogP contribution in [0.5, 0.6) is 5.75 Å². The summed E-state index contributed by atoms with van der Waals surface area (Å²) in [5, 5.41) is 5.62. The van der Waals surface area contributed by atoms with E-state index in [1.54, 1.807) is 55.5 Å². The maximum atomic E-state index is 12.4. The summed E-state index contributed by atoms with van der Waals surface area (Å²) in [6.45, 7) is 6.20. The monoisotopic (exact) mass is 405 g/mol. The number of carbonyl (C=O) groups excluding carboxylic acids is 2. The summed E-state index contributed by atoms with van der Waals surface area (Å²) in [7, 11) is 0. The minimum atomic E-state index is -0.918. The number of benzene rings is 2. The molecule has 152 valence electrons. The van der Waals surface area contributed by atoms with Crippen LogP contribution in [0.4, 0.5) is 11.4 Å². The Bertz CT molecular complexity index is 774. The first kappa shape index (κ1) is 23.5. The zero-order valence-corrected chi connectivity index (χ0v) is 17.3. The Morgan fingerprint density at radius 3 is 2.04 bits per heavy atom. The number of carbonyl (C=O) groups is 2. The second-order valence-corrected chi connectivity index (χ2v) is 6.61. The lowest BCUT2D eigenvalue weighted by Crippen LogP contribution is -2.48. The summed E-state index contributed by atoms with van der Waals surface area (Å²) >= 11 is 0. The van der Waals surface area contributed by atoms with E-state index in [1.165, 1.54) is 0 Å². The van der Waals surface area contributed by atoms with Gasteiger partial charge in [-0.2, -0.15) is 0 Å². The fourth-order valence-corrected chi connectivity index (χ4v) is 2.62. The molecule has 0 fully saturated rings. The van der Waals surface area contributed by atoms with Gasteiger partial charge in [0.25, 0.3) is 5.91 Å². The maximum absolute atomic E-state index is 12.4. The largest absolute Gasteiger partial charge is 0.494 e. The fraction of sp³-hybridized carbons (Fsp3) is 0.333. The van der Waals surface area contributed by atoms with Crippen LogP contribution < -0.4 is 21.1 Å². The van der Waals surface area contributed by atoms with E-state index in [4.69, 9.17) is 10.5 Å². The van der Waals surface area contributed by atoms with Crippen molar-refractivity contribution in [1.82, 2.24) is 0 Å². The summed E-state index contributed by atoms with van der Waals surface area (Å²) in [5.74, 6) is 0.285. The average molecular weight is 406 g/mol. The van der Waals surface area contributed by atoms with Gasteiger partial charge in [-0.15, -0.1) is 12.4 Å². The lowest BCUT2D eigenvalue weighted by Gasteiger charge is -2.22. The van der Waals surface area contributed by atoms with Gasteiger partial charge in [0.1, 0.15) is 5.75 Å². The molecule has 28 heavy (non-hydrogen) atoms. The molecule has 0 aliphatic rings. The third-order valence-corrected chi connectivity index (χ3v) is 4.12. The van der Waals surface area contributed by atoms with Crippen LogP contribution in [0.2, 0.25) is 0 Å². The second kappa shape index (κ2) is 10.7. The highest BCUT2D eigenvalue weighted by atomic mass is 35.5. The fourth-order valence-electron chi connectivity index (χ4n) is 2.62. The Balaban J connectivity index is 0.00000392. The van der Waals surface area contributed by atoms with Crippen LogP contribution in [0.15, 0.2) is 48.5 Å². The van der Waals surface area contributed by atoms with Gasteiger partial charge in [-0.1, -0.05) is 13.3 Å². The lowest BCUT2D eigenvalue weighted by molar-refractivity contribution is -0.120. The highest BCUT2D eigenvalue weighted by Crippen LogP contribution is 2.18. The molecule has 4 N–H and O–H groups in total. The van der Waals surface area contributed by atoms with Crippen LogP contribution in [-0.2, 0) is 4.79 Å². The third kappa shape index (κ3) is 6.55. The molecule has 2 amide bonds. The lowest BCUT2D eigenvalue weighted by atomic mass is 9.96. The van der Waals surface area contributed by atoms with Crippen molar-refractivity contribution < 1.29 is 14.3 Å². The van der Waals surface area contributed by atoms with E-state index in [-0.39, 0.29) is 24.2 Å². The second-order valence-electron chi connectivity index (χ2n) is 6.61. The highest BCUT2D eigenvalue weighted by molar-refractivity contribution is 6.05. The van der Waals surface area contributed by atoms with Gasteiger partial charge in [0, 0.05) is 16.9 Å². The molecular formula is C21H28ClN3O3. The summed E-state index contributed by atoms with van der Waals surface area (Å²) in [4.78, 5) is 24.6. The number of anilines is 2. The number of nitrogens with two attached hydrogens (primary N) is 1. The van der Waals surface area contributed by atoms with E-state index in [1.807, 2.05) is 13.8 Å². The van der Waals surface area contributed by atoms with Crippen LogP contribution in [0.25, 0.3) is 0 Å². The van der Waals surface area contributed by atoms with Crippen molar-refractivity contribution in [1.29, 1.82) is 0 Å². The first-order valence-corrected chi connectivity index (χ1v) is 9.10. The van der Waals surface area contributed by atoms with E-state index in [0.717, 1.165) is 12.2 Å². The van der Waals surface area contributed by atoms with Crippen molar-refractivity contribution in [3.63, 3.8) is 0 Å². The van der Waals surface area contributed by atoms with E-state index < -0.39 is 5.54 Å². The average Bonchev–Trinajstić information content (AvgIpc) is 2.64. The number of nitrogens with one attached hydrogen (secondary N) is 2. The van der Waals surface area contributed by atoms with E-state index in [9.17, 15) is 9.59 Å². The normalized spacial score (nSPS) is 12.3. The number of halogens is 1. The number of hydrogen-bond acceptors (Lipinski definition) is 4. The molecule has 0 aliphatic heterocycles.